The molecule has 1 aliphatic rings. The summed E-state index contributed by atoms with van der Waals surface area (Å²) in [5.74, 6) is -0.0461. The first-order valence-corrected chi connectivity index (χ1v) is 8.03. The zero-order valence-corrected chi connectivity index (χ0v) is 14.7. The molecule has 7 heteroatoms. The van der Waals surface area contributed by atoms with Crippen molar-refractivity contribution in [2.24, 2.45) is 0 Å². The molecule has 0 amide bonds. The predicted molar refractivity (Wildman–Crippen MR) is 91.3 cm³/mol. The minimum Gasteiger partial charge on any atom is -0.399 e. The van der Waals surface area contributed by atoms with Crippen LogP contribution in [0.25, 0.3) is 0 Å². The van der Waals surface area contributed by atoms with E-state index in [2.05, 4.69) is 10.1 Å². The standard InChI is InChI=1S/C17H22BN3O3/c1-12(22)15-8-6-7-14(20-15)11-21-10-13(9-19-21)18-23-16(2,3)17(4,5)24-18/h6-10H,11H2,1-5H3. The van der Waals surface area contributed by atoms with Gasteiger partial charge in [-0.1, -0.05) is 6.07 Å². The second-order valence-electron chi connectivity index (χ2n) is 7.13. The fraction of sp³-hybridized carbons (Fsp3) is 0.471. The molecule has 1 fully saturated rings. The van der Waals surface area contributed by atoms with Crippen LogP contribution >= 0.6 is 0 Å². The first-order valence-electron chi connectivity index (χ1n) is 8.03. The number of ketones is 1. The second kappa shape index (κ2) is 5.83. The maximum Gasteiger partial charge on any atom is 0.498 e. The molecule has 3 rings (SSSR count). The van der Waals surface area contributed by atoms with E-state index in [1.165, 1.54) is 6.92 Å². The van der Waals surface area contributed by atoms with Gasteiger partial charge in [0, 0.05) is 24.8 Å². The Morgan fingerprint density at radius 2 is 1.88 bits per heavy atom. The lowest BCUT2D eigenvalue weighted by Gasteiger charge is -2.32. The summed E-state index contributed by atoms with van der Waals surface area (Å²) >= 11 is 0. The highest BCUT2D eigenvalue weighted by atomic mass is 16.7. The number of rotatable bonds is 4. The quantitative estimate of drug-likeness (QED) is 0.633. The van der Waals surface area contributed by atoms with E-state index < -0.39 is 7.12 Å². The molecule has 0 atom stereocenters. The third-order valence-corrected chi connectivity index (χ3v) is 4.67. The van der Waals surface area contributed by atoms with Gasteiger partial charge in [-0.3, -0.25) is 9.48 Å². The van der Waals surface area contributed by atoms with E-state index in [4.69, 9.17) is 9.31 Å². The van der Waals surface area contributed by atoms with Gasteiger partial charge in [0.2, 0.25) is 0 Å². The lowest BCUT2D eigenvalue weighted by Crippen LogP contribution is -2.41. The van der Waals surface area contributed by atoms with Crippen molar-refractivity contribution in [3.8, 4) is 0 Å². The first-order chi connectivity index (χ1) is 11.2. The van der Waals surface area contributed by atoms with Crippen molar-refractivity contribution in [2.45, 2.75) is 52.4 Å². The minimum absolute atomic E-state index is 0.0461. The summed E-state index contributed by atoms with van der Waals surface area (Å²) in [7, 11) is -0.430. The van der Waals surface area contributed by atoms with Gasteiger partial charge >= 0.3 is 7.12 Å². The van der Waals surface area contributed by atoms with Gasteiger partial charge in [-0.2, -0.15) is 5.10 Å². The zero-order valence-electron chi connectivity index (χ0n) is 14.7. The molecule has 0 N–H and O–H groups in total. The highest BCUT2D eigenvalue weighted by Gasteiger charge is 2.52. The summed E-state index contributed by atoms with van der Waals surface area (Å²) in [6, 6.07) is 5.42. The molecule has 2 aromatic rings. The molecule has 0 aliphatic carbocycles. The van der Waals surface area contributed by atoms with E-state index in [9.17, 15) is 4.79 Å². The Morgan fingerprint density at radius 1 is 1.21 bits per heavy atom. The molecule has 6 nitrogen and oxygen atoms in total. The van der Waals surface area contributed by atoms with Crippen LogP contribution < -0.4 is 5.46 Å². The molecule has 0 unspecified atom stereocenters. The van der Waals surface area contributed by atoms with Crippen molar-refractivity contribution >= 4 is 18.4 Å². The predicted octanol–water partition coefficient (Wildman–Crippen LogP) is 1.83. The highest BCUT2D eigenvalue weighted by molar-refractivity contribution is 6.61. The van der Waals surface area contributed by atoms with Crippen LogP contribution in [0, 0.1) is 0 Å². The maximum atomic E-state index is 11.4. The molecule has 24 heavy (non-hydrogen) atoms. The van der Waals surface area contributed by atoms with E-state index >= 15 is 0 Å². The molecule has 0 bridgehead atoms. The van der Waals surface area contributed by atoms with Gasteiger partial charge in [0.15, 0.2) is 5.78 Å². The largest absolute Gasteiger partial charge is 0.498 e. The van der Waals surface area contributed by atoms with Gasteiger partial charge in [0.1, 0.15) is 5.69 Å². The fourth-order valence-corrected chi connectivity index (χ4v) is 2.50. The molecule has 2 aromatic heterocycles. The SMILES string of the molecule is CC(=O)c1cccc(Cn2cc(B3OC(C)(C)C(C)(C)O3)cn2)n1. The molecule has 0 aromatic carbocycles. The molecule has 0 saturated carbocycles. The Morgan fingerprint density at radius 3 is 2.50 bits per heavy atom. The van der Waals surface area contributed by atoms with Crippen molar-refractivity contribution in [1.29, 1.82) is 0 Å². The minimum atomic E-state index is -0.430. The van der Waals surface area contributed by atoms with E-state index in [0.29, 0.717) is 12.2 Å². The monoisotopic (exact) mass is 327 g/mol. The van der Waals surface area contributed by atoms with Crippen molar-refractivity contribution in [3.63, 3.8) is 0 Å². The van der Waals surface area contributed by atoms with E-state index in [1.54, 1.807) is 16.9 Å². The van der Waals surface area contributed by atoms with Crippen LogP contribution in [0.2, 0.25) is 0 Å². The number of pyridine rings is 1. The molecule has 3 heterocycles. The third-order valence-electron chi connectivity index (χ3n) is 4.67. The molecule has 126 valence electrons. The van der Waals surface area contributed by atoms with Crippen molar-refractivity contribution < 1.29 is 14.1 Å². The van der Waals surface area contributed by atoms with Crippen molar-refractivity contribution in [2.75, 3.05) is 0 Å². The summed E-state index contributed by atoms with van der Waals surface area (Å²) in [4.78, 5) is 15.8. The molecule has 0 radical (unpaired) electrons. The summed E-state index contributed by atoms with van der Waals surface area (Å²) in [6.07, 6.45) is 3.64. The molecule has 0 spiro atoms. The van der Waals surface area contributed by atoms with Gasteiger partial charge in [0.25, 0.3) is 0 Å². The molecular formula is C17H22BN3O3. The van der Waals surface area contributed by atoms with Crippen LogP contribution in [0.3, 0.4) is 0 Å². The number of Topliss-reactive ketones (excluding diaryl/α,β-unsaturated/α-hetero) is 1. The normalized spacial score (nSPS) is 18.8. The van der Waals surface area contributed by atoms with Crippen LogP contribution in [-0.2, 0) is 15.9 Å². The Kier molecular flexibility index (Phi) is 4.09. The smallest absolute Gasteiger partial charge is 0.399 e. The van der Waals surface area contributed by atoms with Gasteiger partial charge in [-0.05, 0) is 39.8 Å². The fourth-order valence-electron chi connectivity index (χ4n) is 2.50. The Labute approximate surface area is 142 Å². The van der Waals surface area contributed by atoms with Crippen LogP contribution in [0.5, 0.6) is 0 Å². The second-order valence-corrected chi connectivity index (χ2v) is 7.13. The zero-order chi connectivity index (χ0) is 17.5. The summed E-state index contributed by atoms with van der Waals surface area (Å²) in [5.41, 5.74) is 1.36. The van der Waals surface area contributed by atoms with Gasteiger partial charge in [-0.25, -0.2) is 4.98 Å². The lowest BCUT2D eigenvalue weighted by atomic mass is 9.82. The number of hydrogen-bond donors (Lipinski definition) is 0. The molecule has 1 aliphatic heterocycles. The summed E-state index contributed by atoms with van der Waals surface area (Å²) < 4.78 is 13.8. The number of carbonyl (C=O) groups excluding carboxylic acids is 1. The topological polar surface area (TPSA) is 66.2 Å². The van der Waals surface area contributed by atoms with Crippen LogP contribution in [0.1, 0.15) is 50.8 Å². The molecule has 1 saturated heterocycles. The Hall–Kier alpha value is -1.99. The van der Waals surface area contributed by atoms with Crippen molar-refractivity contribution in [3.05, 3.63) is 42.0 Å². The summed E-state index contributed by atoms with van der Waals surface area (Å²) in [6.45, 7) is 10.1. The number of nitrogens with zero attached hydrogens (tertiary/aromatic N) is 3. The van der Waals surface area contributed by atoms with E-state index in [0.717, 1.165) is 11.2 Å². The average Bonchev–Trinajstić information content (AvgIpc) is 3.02. The van der Waals surface area contributed by atoms with Crippen LogP contribution in [0.4, 0.5) is 0 Å². The van der Waals surface area contributed by atoms with Gasteiger partial charge in [-0.15, -0.1) is 0 Å². The third kappa shape index (κ3) is 3.14. The van der Waals surface area contributed by atoms with Crippen molar-refractivity contribution in [1.82, 2.24) is 14.8 Å². The highest BCUT2D eigenvalue weighted by Crippen LogP contribution is 2.36. The lowest BCUT2D eigenvalue weighted by molar-refractivity contribution is 0.00578. The van der Waals surface area contributed by atoms with Crippen LogP contribution in [0.15, 0.2) is 30.6 Å². The summed E-state index contributed by atoms with van der Waals surface area (Å²) in [5, 5.41) is 4.36. The maximum absolute atomic E-state index is 11.4. The van der Waals surface area contributed by atoms with Gasteiger partial charge < -0.3 is 9.31 Å². The average molecular weight is 327 g/mol. The number of aromatic nitrogens is 3. The van der Waals surface area contributed by atoms with E-state index in [1.807, 2.05) is 46.0 Å². The van der Waals surface area contributed by atoms with Gasteiger partial charge in [0.05, 0.1) is 23.4 Å². The molecular weight excluding hydrogens is 305 g/mol. The Balaban J connectivity index is 1.75. The van der Waals surface area contributed by atoms with Crippen LogP contribution in [-0.4, -0.2) is 38.9 Å². The number of carbonyl (C=O) groups is 1. The Bertz CT molecular complexity index is 754. The number of hydrogen-bond acceptors (Lipinski definition) is 5. The first kappa shape index (κ1) is 16.9. The van der Waals surface area contributed by atoms with E-state index in [-0.39, 0.29) is 17.0 Å².